The highest BCUT2D eigenvalue weighted by Crippen LogP contribution is 2.25. The molecule has 4 rings (SSSR count). The van der Waals surface area contributed by atoms with Crippen molar-refractivity contribution in [2.24, 2.45) is 0 Å². The average molecular weight is 464 g/mol. The third kappa shape index (κ3) is 6.15. The summed E-state index contributed by atoms with van der Waals surface area (Å²) in [5.41, 5.74) is 1.12. The lowest BCUT2D eigenvalue weighted by Crippen LogP contribution is -2.41. The van der Waals surface area contributed by atoms with E-state index in [1.54, 1.807) is 18.1 Å². The lowest BCUT2D eigenvalue weighted by atomic mass is 10.2. The molecular weight excluding hydrogens is 434 g/mol. The average Bonchev–Trinajstić information content (AvgIpc) is 3.58. The van der Waals surface area contributed by atoms with Gasteiger partial charge in [-0.3, -0.25) is 9.59 Å². The van der Waals surface area contributed by atoms with E-state index in [9.17, 15) is 9.59 Å². The molecule has 1 aliphatic rings. The maximum atomic E-state index is 13.0. The molecule has 1 saturated carbocycles. The summed E-state index contributed by atoms with van der Waals surface area (Å²) in [5.74, 6) is 1.42. The zero-order chi connectivity index (χ0) is 23.8. The normalized spacial score (nSPS) is 13.4. The Balaban J connectivity index is 1.35. The number of benzene rings is 2. The predicted molar refractivity (Wildman–Crippen MR) is 125 cm³/mol. The quantitative estimate of drug-likeness (QED) is 0.489. The first kappa shape index (κ1) is 23.4. The number of nitrogens with one attached hydrogen (secondary N) is 1. The van der Waals surface area contributed by atoms with Gasteiger partial charge in [0.1, 0.15) is 11.5 Å². The highest BCUT2D eigenvalue weighted by Gasteiger charge is 2.28. The zero-order valence-corrected chi connectivity index (χ0v) is 19.2. The zero-order valence-electron chi connectivity index (χ0n) is 19.2. The van der Waals surface area contributed by atoms with Crippen LogP contribution in [0.25, 0.3) is 0 Å². The molecule has 34 heavy (non-hydrogen) atoms. The molecule has 0 saturated heterocycles. The fraction of sp³-hybridized carbons (Fsp3) is 0.346. The van der Waals surface area contributed by atoms with E-state index in [1.807, 2.05) is 54.6 Å². The summed E-state index contributed by atoms with van der Waals surface area (Å²) in [6.07, 6.45) is 4.06. The van der Waals surface area contributed by atoms with Gasteiger partial charge in [0.15, 0.2) is 18.1 Å². The first-order valence-electron chi connectivity index (χ1n) is 11.5. The molecule has 0 aliphatic heterocycles. The third-order valence-electron chi connectivity index (χ3n) is 5.92. The van der Waals surface area contributed by atoms with Crippen LogP contribution in [0.5, 0.6) is 11.5 Å². The van der Waals surface area contributed by atoms with Crippen LogP contribution in [-0.2, 0) is 17.9 Å². The lowest BCUT2D eigenvalue weighted by Gasteiger charge is -2.28. The van der Waals surface area contributed by atoms with Crippen molar-refractivity contribution < 1.29 is 23.6 Å². The predicted octanol–water partition coefficient (Wildman–Crippen LogP) is 3.96. The third-order valence-corrected chi connectivity index (χ3v) is 5.92. The topological polar surface area (TPSA) is 93.9 Å². The van der Waals surface area contributed by atoms with E-state index in [4.69, 9.17) is 14.0 Å². The van der Waals surface area contributed by atoms with Crippen molar-refractivity contribution in [2.45, 2.75) is 44.8 Å². The summed E-state index contributed by atoms with van der Waals surface area (Å²) < 4.78 is 16.2. The second-order valence-corrected chi connectivity index (χ2v) is 8.27. The Morgan fingerprint density at radius 3 is 2.50 bits per heavy atom. The monoisotopic (exact) mass is 463 g/mol. The molecule has 0 unspecified atom stereocenters. The Morgan fingerprint density at radius 1 is 1.06 bits per heavy atom. The van der Waals surface area contributed by atoms with Gasteiger partial charge in [-0.05, 0) is 42.7 Å². The van der Waals surface area contributed by atoms with E-state index in [1.165, 1.54) is 0 Å². The Bertz CT molecular complexity index is 1080. The second-order valence-electron chi connectivity index (χ2n) is 8.27. The summed E-state index contributed by atoms with van der Waals surface area (Å²) in [5, 5.41) is 6.75. The van der Waals surface area contributed by atoms with E-state index in [0.717, 1.165) is 37.0 Å². The van der Waals surface area contributed by atoms with Crippen LogP contribution in [0.3, 0.4) is 0 Å². The van der Waals surface area contributed by atoms with Crippen LogP contribution in [0, 0.1) is 0 Å². The molecule has 0 radical (unpaired) electrons. The molecule has 2 aromatic carbocycles. The van der Waals surface area contributed by atoms with Gasteiger partial charge in [0, 0.05) is 18.7 Å². The number of hydrogen-bond donors (Lipinski definition) is 1. The van der Waals surface area contributed by atoms with Crippen LogP contribution < -0.4 is 14.8 Å². The van der Waals surface area contributed by atoms with Gasteiger partial charge >= 0.3 is 0 Å². The maximum absolute atomic E-state index is 13.0. The number of amides is 2. The molecule has 8 nitrogen and oxygen atoms in total. The van der Waals surface area contributed by atoms with Crippen molar-refractivity contribution in [3.63, 3.8) is 0 Å². The fourth-order valence-electron chi connectivity index (χ4n) is 4.06. The minimum atomic E-state index is -0.336. The number of carbonyl (C=O) groups is 2. The van der Waals surface area contributed by atoms with E-state index >= 15 is 0 Å². The molecule has 1 fully saturated rings. The number of methoxy groups -OCH3 is 1. The summed E-state index contributed by atoms with van der Waals surface area (Å²) >= 11 is 0. The molecule has 1 aliphatic carbocycles. The second kappa shape index (κ2) is 11.4. The van der Waals surface area contributed by atoms with E-state index in [2.05, 4.69) is 10.5 Å². The molecule has 178 valence electrons. The number of para-hydroxylation sites is 1. The van der Waals surface area contributed by atoms with Crippen LogP contribution in [0.1, 0.15) is 47.5 Å². The number of hydrogen-bond acceptors (Lipinski definition) is 6. The number of aromatic nitrogens is 1. The van der Waals surface area contributed by atoms with Gasteiger partial charge in [0.25, 0.3) is 11.8 Å². The number of carbonyl (C=O) groups excluding carboxylic acids is 2. The van der Waals surface area contributed by atoms with Crippen molar-refractivity contribution in [1.82, 2.24) is 15.4 Å². The highest BCUT2D eigenvalue weighted by atomic mass is 16.5. The summed E-state index contributed by atoms with van der Waals surface area (Å²) in [7, 11) is 1.61. The minimum Gasteiger partial charge on any atom is -0.497 e. The van der Waals surface area contributed by atoms with Crippen molar-refractivity contribution >= 4 is 11.8 Å². The van der Waals surface area contributed by atoms with Crippen LogP contribution in [0.15, 0.2) is 65.2 Å². The highest BCUT2D eigenvalue weighted by molar-refractivity contribution is 5.92. The van der Waals surface area contributed by atoms with Crippen molar-refractivity contribution in [3.05, 3.63) is 77.7 Å². The van der Waals surface area contributed by atoms with Gasteiger partial charge in [0.05, 0.1) is 13.7 Å². The smallest absolute Gasteiger partial charge is 0.273 e. The van der Waals surface area contributed by atoms with E-state index < -0.39 is 0 Å². The van der Waals surface area contributed by atoms with Crippen LogP contribution in [0.2, 0.25) is 0 Å². The Kier molecular flexibility index (Phi) is 7.80. The van der Waals surface area contributed by atoms with E-state index in [-0.39, 0.29) is 36.7 Å². The van der Waals surface area contributed by atoms with E-state index in [0.29, 0.717) is 18.1 Å². The standard InChI is InChI=1S/C26H29N3O5/c1-32-21-13-11-19(12-14-21)16-27-26(31)24-15-23(34-28-24)17-29(20-7-5-6-8-20)25(30)18-33-22-9-3-2-4-10-22/h2-4,9-15,20H,5-8,16-18H2,1H3,(H,27,31). The fourth-order valence-corrected chi connectivity index (χ4v) is 4.06. The Labute approximate surface area is 198 Å². The number of nitrogens with zero attached hydrogens (tertiary/aromatic N) is 2. The van der Waals surface area contributed by atoms with Crippen molar-refractivity contribution in [2.75, 3.05) is 13.7 Å². The number of ether oxygens (including phenoxy) is 2. The first-order chi connectivity index (χ1) is 16.6. The molecule has 0 atom stereocenters. The summed E-state index contributed by atoms with van der Waals surface area (Å²) in [6, 6.07) is 18.4. The molecular formula is C26H29N3O5. The molecule has 8 heteroatoms. The molecule has 3 aromatic rings. The minimum absolute atomic E-state index is 0.0517. The first-order valence-corrected chi connectivity index (χ1v) is 11.5. The molecule has 2 amide bonds. The SMILES string of the molecule is COc1ccc(CNC(=O)c2cc(CN(C(=O)COc3ccccc3)C3CCCC3)on2)cc1. The van der Waals surface area contributed by atoms with Gasteiger partial charge in [-0.25, -0.2) is 0 Å². The molecule has 1 heterocycles. The molecule has 0 spiro atoms. The summed E-state index contributed by atoms with van der Waals surface area (Å²) in [4.78, 5) is 27.3. The maximum Gasteiger partial charge on any atom is 0.273 e. The molecule has 1 aromatic heterocycles. The van der Waals surface area contributed by atoms with Gasteiger partial charge < -0.3 is 24.2 Å². The Hall–Kier alpha value is -3.81. The lowest BCUT2D eigenvalue weighted by molar-refractivity contribution is -0.136. The van der Waals surface area contributed by atoms with Gasteiger partial charge in [-0.1, -0.05) is 48.3 Å². The molecule has 1 N–H and O–H groups in total. The van der Waals surface area contributed by atoms with Gasteiger partial charge in [-0.15, -0.1) is 0 Å². The van der Waals surface area contributed by atoms with Crippen molar-refractivity contribution in [1.29, 1.82) is 0 Å². The van der Waals surface area contributed by atoms with Crippen LogP contribution in [0.4, 0.5) is 0 Å². The largest absolute Gasteiger partial charge is 0.497 e. The summed E-state index contributed by atoms with van der Waals surface area (Å²) in [6.45, 7) is 0.554. The number of rotatable bonds is 10. The van der Waals surface area contributed by atoms with Gasteiger partial charge in [0.2, 0.25) is 0 Å². The van der Waals surface area contributed by atoms with Crippen molar-refractivity contribution in [3.8, 4) is 11.5 Å². The van der Waals surface area contributed by atoms with Crippen LogP contribution >= 0.6 is 0 Å². The molecule has 0 bridgehead atoms. The van der Waals surface area contributed by atoms with Gasteiger partial charge in [-0.2, -0.15) is 0 Å². The Morgan fingerprint density at radius 2 is 1.79 bits per heavy atom. The van der Waals surface area contributed by atoms with Crippen LogP contribution in [-0.4, -0.2) is 41.6 Å².